The molecule has 1 aromatic carbocycles. The Bertz CT molecular complexity index is 728. The van der Waals surface area contributed by atoms with E-state index in [1.165, 1.54) is 6.07 Å². The number of fused-ring (bicyclic) bond motifs is 1. The van der Waals surface area contributed by atoms with Crippen LogP contribution >= 0.6 is 31.9 Å². The third-order valence-corrected chi connectivity index (χ3v) is 4.43. The van der Waals surface area contributed by atoms with Gasteiger partial charge in [-0.1, -0.05) is 12.1 Å². The third-order valence-electron chi connectivity index (χ3n) is 2.72. The number of benzene rings is 1. The first-order chi connectivity index (χ1) is 9.06. The molecular weight excluding hydrogens is 383 g/mol. The Labute approximate surface area is 124 Å². The molecule has 19 heavy (non-hydrogen) atoms. The molecule has 3 nitrogen and oxygen atoms in total. The second kappa shape index (κ2) is 4.77. The highest BCUT2D eigenvalue weighted by Crippen LogP contribution is 2.34. The molecule has 0 saturated carbocycles. The number of hydrogen-bond acceptors (Lipinski definition) is 3. The van der Waals surface area contributed by atoms with Crippen molar-refractivity contribution in [1.29, 1.82) is 0 Å². The lowest BCUT2D eigenvalue weighted by molar-refractivity contribution is 0.163. The van der Waals surface area contributed by atoms with Gasteiger partial charge in [-0.2, -0.15) is 0 Å². The van der Waals surface area contributed by atoms with E-state index in [1.54, 1.807) is 24.3 Å². The van der Waals surface area contributed by atoms with Crippen molar-refractivity contribution in [3.05, 3.63) is 56.8 Å². The highest BCUT2D eigenvalue weighted by atomic mass is 79.9. The Morgan fingerprint density at radius 2 is 1.84 bits per heavy atom. The molecule has 0 spiro atoms. The van der Waals surface area contributed by atoms with Crippen LogP contribution in [0.1, 0.15) is 17.6 Å². The maximum Gasteiger partial charge on any atom is 0.183 e. The van der Waals surface area contributed by atoms with E-state index in [1.807, 2.05) is 0 Å². The molecule has 1 unspecified atom stereocenters. The Morgan fingerprint density at radius 1 is 1.11 bits per heavy atom. The van der Waals surface area contributed by atoms with Crippen molar-refractivity contribution in [1.82, 2.24) is 0 Å². The summed E-state index contributed by atoms with van der Waals surface area (Å²) in [6.45, 7) is 0. The molecule has 0 amide bonds. The lowest BCUT2D eigenvalue weighted by Crippen LogP contribution is -1.95. The Morgan fingerprint density at radius 3 is 2.47 bits per heavy atom. The minimum atomic E-state index is -1.09. The van der Waals surface area contributed by atoms with Gasteiger partial charge in [-0.15, -0.1) is 0 Å². The van der Waals surface area contributed by atoms with Gasteiger partial charge in [-0.25, -0.2) is 4.39 Å². The van der Waals surface area contributed by atoms with Gasteiger partial charge in [0.25, 0.3) is 0 Å². The first-order valence-corrected chi connectivity index (χ1v) is 6.95. The predicted molar refractivity (Wildman–Crippen MR) is 74.3 cm³/mol. The van der Waals surface area contributed by atoms with Gasteiger partial charge >= 0.3 is 0 Å². The van der Waals surface area contributed by atoms with Crippen molar-refractivity contribution >= 4 is 42.8 Å². The molecule has 0 radical (unpaired) electrons. The molecule has 0 bridgehead atoms. The zero-order valence-electron chi connectivity index (χ0n) is 9.36. The molecule has 0 aliphatic heterocycles. The van der Waals surface area contributed by atoms with Gasteiger partial charge in [-0.05, 0) is 50.1 Å². The first-order valence-electron chi connectivity index (χ1n) is 5.37. The molecule has 0 aliphatic carbocycles. The number of furan rings is 2. The van der Waals surface area contributed by atoms with E-state index in [-0.39, 0.29) is 11.3 Å². The average molecular weight is 390 g/mol. The fourth-order valence-electron chi connectivity index (χ4n) is 1.82. The highest BCUT2D eigenvalue weighted by molar-refractivity contribution is 9.13. The molecule has 0 aliphatic rings. The minimum absolute atomic E-state index is 0.126. The van der Waals surface area contributed by atoms with Gasteiger partial charge in [0.2, 0.25) is 0 Å². The van der Waals surface area contributed by atoms with Crippen LogP contribution in [-0.4, -0.2) is 5.11 Å². The molecule has 0 fully saturated rings. The lowest BCUT2D eigenvalue weighted by atomic mass is 10.2. The predicted octanol–water partition coefficient (Wildman–Crippen LogP) is 4.77. The summed E-state index contributed by atoms with van der Waals surface area (Å²) in [7, 11) is 0. The lowest BCUT2D eigenvalue weighted by Gasteiger charge is -2.02. The second-order valence-electron chi connectivity index (χ2n) is 3.98. The van der Waals surface area contributed by atoms with Gasteiger partial charge in [0.15, 0.2) is 22.2 Å². The largest absolute Gasteiger partial charge is 0.455 e. The van der Waals surface area contributed by atoms with Crippen molar-refractivity contribution in [3.63, 3.8) is 0 Å². The van der Waals surface area contributed by atoms with E-state index in [0.29, 0.717) is 20.3 Å². The van der Waals surface area contributed by atoms with Gasteiger partial charge in [0.1, 0.15) is 11.5 Å². The topological polar surface area (TPSA) is 46.5 Å². The number of para-hydroxylation sites is 1. The van der Waals surface area contributed by atoms with Crippen LogP contribution in [0.15, 0.2) is 48.3 Å². The summed E-state index contributed by atoms with van der Waals surface area (Å²) < 4.78 is 25.4. The van der Waals surface area contributed by atoms with Crippen LogP contribution in [0, 0.1) is 5.82 Å². The summed E-state index contributed by atoms with van der Waals surface area (Å²) in [6, 6.07) is 7.82. The van der Waals surface area contributed by atoms with Crippen LogP contribution in [-0.2, 0) is 0 Å². The summed E-state index contributed by atoms with van der Waals surface area (Å²) in [4.78, 5) is 0. The molecule has 98 valence electrons. The van der Waals surface area contributed by atoms with E-state index in [2.05, 4.69) is 31.9 Å². The summed E-state index contributed by atoms with van der Waals surface area (Å²) in [5.41, 5.74) is 0.126. The molecule has 2 aromatic heterocycles. The number of rotatable bonds is 2. The van der Waals surface area contributed by atoms with Crippen LogP contribution in [0.25, 0.3) is 11.0 Å². The fourth-order valence-corrected chi connectivity index (χ4v) is 2.43. The molecular formula is C13H7Br2FO3. The van der Waals surface area contributed by atoms with E-state index in [0.717, 1.165) is 0 Å². The number of aliphatic hydroxyl groups excluding tert-OH is 1. The summed E-state index contributed by atoms with van der Waals surface area (Å²) >= 11 is 6.45. The van der Waals surface area contributed by atoms with Crippen molar-refractivity contribution in [2.75, 3.05) is 0 Å². The van der Waals surface area contributed by atoms with Crippen molar-refractivity contribution in [3.8, 4) is 0 Å². The zero-order valence-corrected chi connectivity index (χ0v) is 12.5. The monoisotopic (exact) mass is 388 g/mol. The number of aliphatic hydroxyl groups is 1. The van der Waals surface area contributed by atoms with Gasteiger partial charge in [0.05, 0.1) is 4.47 Å². The molecule has 1 atom stereocenters. The van der Waals surface area contributed by atoms with Crippen LogP contribution in [0.4, 0.5) is 4.39 Å². The first kappa shape index (κ1) is 12.9. The fraction of sp³-hybridized carbons (Fsp3) is 0.0769. The Balaban J connectivity index is 2.06. The molecule has 3 rings (SSSR count). The minimum Gasteiger partial charge on any atom is -0.455 e. The standard InChI is InChI=1S/C13H7Br2FO3/c14-7-5-10(19-13(7)15)11(17)9-4-6-2-1-3-8(16)12(6)18-9/h1-5,11,17H. The van der Waals surface area contributed by atoms with Gasteiger partial charge in [-0.3, -0.25) is 0 Å². The van der Waals surface area contributed by atoms with Crippen molar-refractivity contribution < 1.29 is 18.3 Å². The summed E-state index contributed by atoms with van der Waals surface area (Å²) in [6.07, 6.45) is -1.09. The number of hydrogen-bond donors (Lipinski definition) is 1. The third kappa shape index (κ3) is 2.24. The van der Waals surface area contributed by atoms with Crippen LogP contribution < -0.4 is 0 Å². The molecule has 2 heterocycles. The van der Waals surface area contributed by atoms with Crippen molar-refractivity contribution in [2.45, 2.75) is 6.10 Å². The second-order valence-corrected chi connectivity index (χ2v) is 5.55. The quantitative estimate of drug-likeness (QED) is 0.686. The summed E-state index contributed by atoms with van der Waals surface area (Å²) in [5, 5.41) is 10.8. The Hall–Kier alpha value is -1.11. The molecule has 3 aromatic rings. The van der Waals surface area contributed by atoms with Crippen LogP contribution in [0.2, 0.25) is 0 Å². The van der Waals surface area contributed by atoms with Gasteiger partial charge < -0.3 is 13.9 Å². The van der Waals surface area contributed by atoms with Crippen molar-refractivity contribution in [2.24, 2.45) is 0 Å². The normalized spacial score (nSPS) is 13.1. The maximum absolute atomic E-state index is 13.5. The SMILES string of the molecule is OC(c1cc(Br)c(Br)o1)c1cc2cccc(F)c2o1. The molecule has 6 heteroatoms. The smallest absolute Gasteiger partial charge is 0.183 e. The molecule has 0 saturated heterocycles. The molecule has 1 N–H and O–H groups in total. The maximum atomic E-state index is 13.5. The Kier molecular flexibility index (Phi) is 3.24. The highest BCUT2D eigenvalue weighted by Gasteiger charge is 2.21. The number of halogens is 3. The van der Waals surface area contributed by atoms with E-state index < -0.39 is 11.9 Å². The zero-order chi connectivity index (χ0) is 13.6. The van der Waals surface area contributed by atoms with Crippen LogP contribution in [0.3, 0.4) is 0 Å². The van der Waals surface area contributed by atoms with Crippen LogP contribution in [0.5, 0.6) is 0 Å². The van der Waals surface area contributed by atoms with E-state index >= 15 is 0 Å². The summed E-state index contributed by atoms with van der Waals surface area (Å²) in [5.74, 6) is 0.0739. The van der Waals surface area contributed by atoms with Gasteiger partial charge in [0, 0.05) is 5.39 Å². The average Bonchev–Trinajstić information content (AvgIpc) is 2.94. The van der Waals surface area contributed by atoms with E-state index in [4.69, 9.17) is 8.83 Å². The van der Waals surface area contributed by atoms with E-state index in [9.17, 15) is 9.50 Å².